The molecule has 0 aliphatic rings. The average Bonchev–Trinajstić information content (AvgIpc) is 3.34. The Hall–Kier alpha value is -3.32. The lowest BCUT2D eigenvalue weighted by molar-refractivity contribution is 0.197. The Kier molecular flexibility index (Phi) is 6.93. The fourth-order valence-corrected chi connectivity index (χ4v) is 4.34. The number of fused-ring (bicyclic) bond motifs is 1. The third kappa shape index (κ3) is 4.66. The van der Waals surface area contributed by atoms with Crippen LogP contribution in [0.5, 0.6) is 0 Å². The molecular weight excluding hydrogens is 424 g/mol. The summed E-state index contributed by atoms with van der Waals surface area (Å²) in [5, 5.41) is 13.9. The van der Waals surface area contributed by atoms with Crippen molar-refractivity contribution in [2.24, 2.45) is 0 Å². The monoisotopic (exact) mass is 458 g/mol. The minimum atomic E-state index is -0.399. The molecule has 4 aromatic rings. The number of nitrogens with one attached hydrogen (secondary N) is 1. The van der Waals surface area contributed by atoms with Crippen molar-refractivity contribution in [1.82, 2.24) is 30.1 Å². The number of rotatable bonds is 9. The molecule has 0 fully saturated rings. The number of benzene rings is 2. The predicted octanol–water partition coefficient (Wildman–Crippen LogP) is 4.83. The second-order valence-electron chi connectivity index (χ2n) is 9.40. The zero-order chi connectivity index (χ0) is 24.3. The molecule has 0 saturated heterocycles. The number of pyridine rings is 1. The normalized spacial score (nSPS) is 13.0. The second kappa shape index (κ2) is 9.89. The van der Waals surface area contributed by atoms with Crippen LogP contribution in [0.2, 0.25) is 0 Å². The SMILES string of the molecule is CCc1ccc2[nH]c(=O)c([C@@H](c3nnnn3C(C)(C)CC)N(CC)Cc3ccccc3)cc2c1. The summed E-state index contributed by atoms with van der Waals surface area (Å²) in [5.74, 6) is 0.682. The van der Waals surface area contributed by atoms with Crippen molar-refractivity contribution in [2.45, 2.75) is 65.6 Å². The van der Waals surface area contributed by atoms with Gasteiger partial charge in [0.1, 0.15) is 6.04 Å². The van der Waals surface area contributed by atoms with Gasteiger partial charge in [-0.3, -0.25) is 9.69 Å². The van der Waals surface area contributed by atoms with E-state index in [4.69, 9.17) is 0 Å². The summed E-state index contributed by atoms with van der Waals surface area (Å²) in [5.41, 5.74) is 3.49. The van der Waals surface area contributed by atoms with E-state index in [-0.39, 0.29) is 11.1 Å². The smallest absolute Gasteiger partial charge is 0.253 e. The summed E-state index contributed by atoms with van der Waals surface area (Å²) in [6, 6.07) is 18.1. The molecule has 2 heterocycles. The Morgan fingerprint density at radius 2 is 1.79 bits per heavy atom. The fourth-order valence-electron chi connectivity index (χ4n) is 4.34. The minimum Gasteiger partial charge on any atom is -0.322 e. The van der Waals surface area contributed by atoms with Gasteiger partial charge in [0.25, 0.3) is 5.56 Å². The average molecular weight is 459 g/mol. The molecule has 0 unspecified atom stereocenters. The van der Waals surface area contributed by atoms with Gasteiger partial charge in [0.2, 0.25) is 0 Å². The van der Waals surface area contributed by atoms with Crippen LogP contribution in [0.4, 0.5) is 0 Å². The molecule has 0 bridgehead atoms. The highest BCUT2D eigenvalue weighted by Crippen LogP contribution is 2.31. The van der Waals surface area contributed by atoms with Gasteiger partial charge in [0.15, 0.2) is 5.82 Å². The maximum absolute atomic E-state index is 13.5. The molecule has 0 saturated carbocycles. The van der Waals surface area contributed by atoms with E-state index >= 15 is 0 Å². The molecule has 1 atom stereocenters. The number of aryl methyl sites for hydroxylation is 1. The Balaban J connectivity index is 1.92. The molecule has 2 aromatic heterocycles. The third-order valence-electron chi connectivity index (χ3n) is 6.82. The van der Waals surface area contributed by atoms with Crippen LogP contribution in [-0.4, -0.2) is 36.6 Å². The van der Waals surface area contributed by atoms with E-state index in [9.17, 15) is 4.79 Å². The number of hydrogen-bond acceptors (Lipinski definition) is 5. The summed E-state index contributed by atoms with van der Waals surface area (Å²) in [6.07, 6.45) is 1.79. The largest absolute Gasteiger partial charge is 0.322 e. The van der Waals surface area contributed by atoms with Crippen molar-refractivity contribution in [3.05, 3.63) is 87.5 Å². The molecule has 0 aliphatic carbocycles. The number of aromatic amines is 1. The van der Waals surface area contributed by atoms with Gasteiger partial charge in [-0.1, -0.05) is 57.2 Å². The van der Waals surface area contributed by atoms with E-state index in [1.807, 2.05) is 35.0 Å². The fraction of sp³-hybridized carbons (Fsp3) is 0.407. The molecule has 4 rings (SSSR count). The molecular formula is C27H34N6O. The van der Waals surface area contributed by atoms with Crippen LogP contribution in [0.25, 0.3) is 10.9 Å². The summed E-state index contributed by atoms with van der Waals surface area (Å²) in [7, 11) is 0. The van der Waals surface area contributed by atoms with Gasteiger partial charge in [-0.2, -0.15) is 0 Å². The highest BCUT2D eigenvalue weighted by Gasteiger charge is 2.33. The number of aromatic nitrogens is 5. The highest BCUT2D eigenvalue weighted by molar-refractivity contribution is 5.80. The van der Waals surface area contributed by atoms with Crippen molar-refractivity contribution >= 4 is 10.9 Å². The van der Waals surface area contributed by atoms with E-state index in [1.54, 1.807) is 0 Å². The van der Waals surface area contributed by atoms with Crippen LogP contribution in [0.15, 0.2) is 59.4 Å². The second-order valence-corrected chi connectivity index (χ2v) is 9.40. The van der Waals surface area contributed by atoms with Crippen LogP contribution in [0, 0.1) is 0 Å². The first-order valence-corrected chi connectivity index (χ1v) is 12.1. The highest BCUT2D eigenvalue weighted by atomic mass is 16.1. The van der Waals surface area contributed by atoms with Gasteiger partial charge in [0.05, 0.1) is 5.54 Å². The summed E-state index contributed by atoms with van der Waals surface area (Å²) in [6.45, 7) is 12.0. The number of hydrogen-bond donors (Lipinski definition) is 1. The van der Waals surface area contributed by atoms with Gasteiger partial charge in [-0.05, 0) is 78.4 Å². The standard InChI is InChI=1S/C27H34N6O/c1-6-19-14-15-23-21(16-19)17-22(26(34)28-23)24(25-29-30-31-33(25)27(4,5)7-2)32(8-3)18-20-12-10-9-11-13-20/h9-17,24H,6-8,18H2,1-5H3,(H,28,34)/t24-/m0/s1. The van der Waals surface area contributed by atoms with Gasteiger partial charge in [0, 0.05) is 17.6 Å². The lowest BCUT2D eigenvalue weighted by atomic mass is 9.98. The Bertz CT molecular complexity index is 1310. The molecule has 34 heavy (non-hydrogen) atoms. The molecule has 0 amide bonds. The predicted molar refractivity (Wildman–Crippen MR) is 136 cm³/mol. The van der Waals surface area contributed by atoms with E-state index in [0.29, 0.717) is 17.9 Å². The number of nitrogens with zero attached hydrogens (tertiary/aromatic N) is 5. The molecule has 0 spiro atoms. The van der Waals surface area contributed by atoms with Gasteiger partial charge < -0.3 is 4.98 Å². The van der Waals surface area contributed by atoms with Gasteiger partial charge in [-0.15, -0.1) is 5.10 Å². The van der Waals surface area contributed by atoms with Crippen molar-refractivity contribution in [1.29, 1.82) is 0 Å². The number of tetrazole rings is 1. The quantitative estimate of drug-likeness (QED) is 0.388. The molecule has 7 heteroatoms. The Morgan fingerprint density at radius 1 is 1.03 bits per heavy atom. The van der Waals surface area contributed by atoms with Crippen molar-refractivity contribution in [3.8, 4) is 0 Å². The van der Waals surface area contributed by atoms with Crippen molar-refractivity contribution in [3.63, 3.8) is 0 Å². The maximum Gasteiger partial charge on any atom is 0.253 e. The third-order valence-corrected chi connectivity index (χ3v) is 6.82. The van der Waals surface area contributed by atoms with Crippen LogP contribution in [0.1, 0.15) is 69.6 Å². The van der Waals surface area contributed by atoms with Crippen molar-refractivity contribution < 1.29 is 0 Å². The van der Waals surface area contributed by atoms with Gasteiger partial charge in [-0.25, -0.2) is 4.68 Å². The Labute approximate surface area is 200 Å². The van der Waals surface area contributed by atoms with E-state index in [1.165, 1.54) is 11.1 Å². The molecule has 7 nitrogen and oxygen atoms in total. The number of H-pyrrole nitrogens is 1. The van der Waals surface area contributed by atoms with E-state index in [2.05, 4.69) is 84.3 Å². The van der Waals surface area contributed by atoms with Crippen LogP contribution >= 0.6 is 0 Å². The Morgan fingerprint density at radius 3 is 2.47 bits per heavy atom. The maximum atomic E-state index is 13.5. The molecule has 0 radical (unpaired) electrons. The topological polar surface area (TPSA) is 79.7 Å². The summed E-state index contributed by atoms with van der Waals surface area (Å²) < 4.78 is 1.89. The minimum absolute atomic E-state index is 0.114. The first-order chi connectivity index (χ1) is 16.4. The molecule has 178 valence electrons. The van der Waals surface area contributed by atoms with Crippen LogP contribution in [0.3, 0.4) is 0 Å². The lowest BCUT2D eigenvalue weighted by Crippen LogP contribution is -2.38. The van der Waals surface area contributed by atoms with Crippen LogP contribution in [-0.2, 0) is 18.5 Å². The summed E-state index contributed by atoms with van der Waals surface area (Å²) in [4.78, 5) is 18.8. The molecule has 2 aromatic carbocycles. The zero-order valence-corrected chi connectivity index (χ0v) is 20.7. The first-order valence-electron chi connectivity index (χ1n) is 12.1. The molecule has 1 N–H and O–H groups in total. The van der Waals surface area contributed by atoms with E-state index < -0.39 is 6.04 Å². The van der Waals surface area contributed by atoms with Crippen LogP contribution < -0.4 is 5.56 Å². The zero-order valence-electron chi connectivity index (χ0n) is 20.7. The van der Waals surface area contributed by atoms with Crippen molar-refractivity contribution in [2.75, 3.05) is 6.54 Å². The summed E-state index contributed by atoms with van der Waals surface area (Å²) >= 11 is 0. The lowest BCUT2D eigenvalue weighted by Gasteiger charge is -2.33. The first kappa shape index (κ1) is 23.8. The van der Waals surface area contributed by atoms with Gasteiger partial charge >= 0.3 is 0 Å². The molecule has 0 aliphatic heterocycles. The van der Waals surface area contributed by atoms with E-state index in [0.717, 1.165) is 30.3 Å².